The molecule has 0 atom stereocenters. The molecule has 0 amide bonds. The third-order valence-corrected chi connectivity index (χ3v) is 4.38. The standard InChI is InChI=1S/C16H31NOS/c1-14(2)12-17-10-6-7-11-19-13-16(4,5)9-8-15(3)18/h12,14,18H,3,6-11,13H2,1-2,4-5H3/b17-12+. The van der Waals surface area contributed by atoms with Crippen LogP contribution in [0.25, 0.3) is 0 Å². The lowest BCUT2D eigenvalue weighted by Crippen LogP contribution is -2.15. The summed E-state index contributed by atoms with van der Waals surface area (Å²) >= 11 is 2.01. The molecule has 3 heteroatoms. The highest BCUT2D eigenvalue weighted by Gasteiger charge is 2.17. The molecule has 0 aromatic heterocycles. The van der Waals surface area contributed by atoms with E-state index in [2.05, 4.69) is 39.3 Å². The largest absolute Gasteiger partial charge is 0.513 e. The van der Waals surface area contributed by atoms with Crippen LogP contribution in [0.2, 0.25) is 0 Å². The number of nitrogens with zero attached hydrogens (tertiary/aromatic N) is 1. The van der Waals surface area contributed by atoms with Gasteiger partial charge in [-0.15, -0.1) is 0 Å². The van der Waals surface area contributed by atoms with E-state index in [1.165, 1.54) is 18.6 Å². The average Bonchev–Trinajstić information content (AvgIpc) is 2.30. The van der Waals surface area contributed by atoms with Crippen molar-refractivity contribution in [3.8, 4) is 0 Å². The van der Waals surface area contributed by atoms with Gasteiger partial charge in [-0.05, 0) is 42.1 Å². The van der Waals surface area contributed by atoms with Crippen LogP contribution >= 0.6 is 11.8 Å². The Morgan fingerprint density at radius 1 is 1.37 bits per heavy atom. The number of hydrogen-bond acceptors (Lipinski definition) is 3. The predicted octanol–water partition coefficient (Wildman–Crippen LogP) is 5.10. The summed E-state index contributed by atoms with van der Waals surface area (Å²) in [4.78, 5) is 4.39. The van der Waals surface area contributed by atoms with Gasteiger partial charge in [0.15, 0.2) is 0 Å². The van der Waals surface area contributed by atoms with Crippen molar-refractivity contribution in [1.29, 1.82) is 0 Å². The monoisotopic (exact) mass is 285 g/mol. The molecule has 0 radical (unpaired) electrons. The van der Waals surface area contributed by atoms with Crippen molar-refractivity contribution in [2.75, 3.05) is 18.1 Å². The van der Waals surface area contributed by atoms with Crippen molar-refractivity contribution in [1.82, 2.24) is 0 Å². The summed E-state index contributed by atoms with van der Waals surface area (Å²) in [6, 6.07) is 0. The minimum atomic E-state index is 0.284. The molecule has 2 nitrogen and oxygen atoms in total. The van der Waals surface area contributed by atoms with Crippen LogP contribution in [0.5, 0.6) is 0 Å². The van der Waals surface area contributed by atoms with Gasteiger partial charge in [-0.3, -0.25) is 4.99 Å². The number of rotatable bonds is 11. The summed E-state index contributed by atoms with van der Waals surface area (Å²) in [6.45, 7) is 13.3. The normalized spacial score (nSPS) is 12.5. The van der Waals surface area contributed by atoms with E-state index in [0.717, 1.165) is 25.1 Å². The molecule has 112 valence electrons. The minimum absolute atomic E-state index is 0.284. The van der Waals surface area contributed by atoms with Crippen LogP contribution in [0.4, 0.5) is 0 Å². The molecule has 0 rings (SSSR count). The summed E-state index contributed by atoms with van der Waals surface area (Å²) in [6.07, 6.45) is 6.19. The first-order chi connectivity index (χ1) is 8.83. The molecule has 0 saturated heterocycles. The van der Waals surface area contributed by atoms with E-state index in [1.807, 2.05) is 18.0 Å². The maximum atomic E-state index is 9.13. The van der Waals surface area contributed by atoms with Gasteiger partial charge in [0, 0.05) is 19.2 Å². The first-order valence-corrected chi connectivity index (χ1v) is 8.43. The first kappa shape index (κ1) is 18.6. The fourth-order valence-corrected chi connectivity index (χ4v) is 2.85. The van der Waals surface area contributed by atoms with Gasteiger partial charge in [-0.25, -0.2) is 0 Å². The molecule has 0 aliphatic heterocycles. The van der Waals surface area contributed by atoms with E-state index in [4.69, 9.17) is 5.11 Å². The van der Waals surface area contributed by atoms with Gasteiger partial charge in [0.05, 0.1) is 5.76 Å². The van der Waals surface area contributed by atoms with Crippen molar-refractivity contribution in [3.05, 3.63) is 12.3 Å². The Hall–Kier alpha value is -0.440. The summed E-state index contributed by atoms with van der Waals surface area (Å²) in [7, 11) is 0. The van der Waals surface area contributed by atoms with Crippen molar-refractivity contribution in [3.63, 3.8) is 0 Å². The minimum Gasteiger partial charge on any atom is -0.513 e. The molecule has 0 saturated carbocycles. The zero-order valence-corrected chi connectivity index (χ0v) is 13.9. The average molecular weight is 285 g/mol. The number of allylic oxidation sites excluding steroid dienone is 1. The number of thioether (sulfide) groups is 1. The molecular weight excluding hydrogens is 254 g/mol. The fourth-order valence-electron chi connectivity index (χ4n) is 1.60. The molecular formula is C16H31NOS. The summed E-state index contributed by atoms with van der Waals surface area (Å²) in [5.41, 5.74) is 0.284. The third-order valence-electron chi connectivity index (χ3n) is 2.81. The van der Waals surface area contributed by atoms with Crippen LogP contribution < -0.4 is 0 Å². The second-order valence-corrected chi connectivity index (χ2v) is 7.39. The van der Waals surface area contributed by atoms with E-state index in [-0.39, 0.29) is 5.41 Å². The van der Waals surface area contributed by atoms with Crippen LogP contribution in [0.3, 0.4) is 0 Å². The van der Waals surface area contributed by atoms with Gasteiger partial charge in [-0.2, -0.15) is 11.8 Å². The van der Waals surface area contributed by atoms with Gasteiger partial charge >= 0.3 is 0 Å². The van der Waals surface area contributed by atoms with Crippen molar-refractivity contribution < 1.29 is 5.11 Å². The van der Waals surface area contributed by atoms with E-state index < -0.39 is 0 Å². The lowest BCUT2D eigenvalue weighted by Gasteiger charge is -2.23. The van der Waals surface area contributed by atoms with Crippen LogP contribution in [-0.2, 0) is 0 Å². The highest BCUT2D eigenvalue weighted by Crippen LogP contribution is 2.28. The molecule has 0 unspecified atom stereocenters. The Balaban J connectivity index is 3.49. The molecule has 0 spiro atoms. The topological polar surface area (TPSA) is 32.6 Å². The maximum Gasteiger partial charge on any atom is 0.0851 e. The van der Waals surface area contributed by atoms with E-state index in [1.54, 1.807) is 0 Å². The number of unbranched alkanes of at least 4 members (excludes halogenated alkanes) is 1. The Labute approximate surface area is 123 Å². The molecule has 0 aliphatic rings. The molecule has 0 aliphatic carbocycles. The lowest BCUT2D eigenvalue weighted by atomic mass is 9.90. The van der Waals surface area contributed by atoms with Gasteiger partial charge in [0.25, 0.3) is 0 Å². The highest BCUT2D eigenvalue weighted by atomic mass is 32.2. The van der Waals surface area contributed by atoms with Crippen molar-refractivity contribution in [2.24, 2.45) is 16.3 Å². The van der Waals surface area contributed by atoms with Gasteiger partial charge in [0.2, 0.25) is 0 Å². The van der Waals surface area contributed by atoms with E-state index >= 15 is 0 Å². The molecule has 0 heterocycles. The SMILES string of the molecule is C=C(O)CCC(C)(C)CSCCCC/N=C/C(C)C. The van der Waals surface area contributed by atoms with Gasteiger partial charge < -0.3 is 5.11 Å². The van der Waals surface area contributed by atoms with Crippen LogP contribution in [-0.4, -0.2) is 29.4 Å². The predicted molar refractivity (Wildman–Crippen MR) is 89.5 cm³/mol. The quantitative estimate of drug-likeness (QED) is 0.325. The second kappa shape index (κ2) is 10.4. The smallest absolute Gasteiger partial charge is 0.0851 e. The molecule has 0 aromatic carbocycles. The molecule has 19 heavy (non-hydrogen) atoms. The maximum absolute atomic E-state index is 9.13. The zero-order chi connectivity index (χ0) is 14.7. The van der Waals surface area contributed by atoms with Crippen LogP contribution in [0.1, 0.15) is 53.4 Å². The second-order valence-electron chi connectivity index (χ2n) is 6.29. The number of aliphatic imine (C=N–C) groups is 1. The Morgan fingerprint density at radius 2 is 2.05 bits per heavy atom. The zero-order valence-electron chi connectivity index (χ0n) is 13.1. The fraction of sp³-hybridized carbons (Fsp3) is 0.812. The van der Waals surface area contributed by atoms with E-state index in [0.29, 0.717) is 11.7 Å². The third kappa shape index (κ3) is 13.8. The van der Waals surface area contributed by atoms with Crippen LogP contribution in [0.15, 0.2) is 17.3 Å². The highest BCUT2D eigenvalue weighted by molar-refractivity contribution is 7.99. The molecule has 0 aromatic rings. The Bertz CT molecular complexity index is 272. The van der Waals surface area contributed by atoms with Crippen molar-refractivity contribution >= 4 is 18.0 Å². The summed E-state index contributed by atoms with van der Waals surface area (Å²) in [5, 5.41) is 9.13. The van der Waals surface area contributed by atoms with Crippen molar-refractivity contribution in [2.45, 2.75) is 53.4 Å². The number of aliphatic hydroxyl groups is 1. The number of hydrogen-bond donors (Lipinski definition) is 1. The summed E-state index contributed by atoms with van der Waals surface area (Å²) < 4.78 is 0. The summed E-state index contributed by atoms with van der Waals surface area (Å²) in [5.74, 6) is 3.23. The van der Waals surface area contributed by atoms with Gasteiger partial charge in [-0.1, -0.05) is 34.3 Å². The van der Waals surface area contributed by atoms with Gasteiger partial charge in [0.1, 0.15) is 0 Å². The molecule has 0 bridgehead atoms. The Kier molecular flexibility index (Phi) is 10.1. The molecule has 1 N–H and O–H groups in total. The number of aliphatic hydroxyl groups excluding tert-OH is 1. The first-order valence-electron chi connectivity index (χ1n) is 7.28. The Morgan fingerprint density at radius 3 is 2.63 bits per heavy atom. The van der Waals surface area contributed by atoms with E-state index in [9.17, 15) is 0 Å². The molecule has 0 fully saturated rings. The lowest BCUT2D eigenvalue weighted by molar-refractivity contribution is 0.328. The van der Waals surface area contributed by atoms with Crippen LogP contribution in [0, 0.1) is 11.3 Å².